The van der Waals surface area contributed by atoms with Gasteiger partial charge >= 0.3 is 0 Å². The predicted octanol–water partition coefficient (Wildman–Crippen LogP) is 4.23. The Morgan fingerprint density at radius 2 is 1.90 bits per heavy atom. The molecule has 2 aromatic carbocycles. The maximum atomic E-state index is 10.7. The summed E-state index contributed by atoms with van der Waals surface area (Å²) < 4.78 is 0. The Labute approximate surface area is 121 Å². The zero-order valence-corrected chi connectivity index (χ0v) is 11.9. The van der Waals surface area contributed by atoms with Crippen molar-refractivity contribution in [2.75, 3.05) is 0 Å². The highest BCUT2D eigenvalue weighted by Crippen LogP contribution is 2.34. The number of benzene rings is 2. The quantitative estimate of drug-likeness (QED) is 0.624. The Kier molecular flexibility index (Phi) is 4.06. The average Bonchev–Trinajstić information content (AvgIpc) is 2.43. The molecule has 0 bridgehead atoms. The van der Waals surface area contributed by atoms with E-state index in [1.165, 1.54) is 23.9 Å². The summed E-state index contributed by atoms with van der Waals surface area (Å²) in [5, 5.41) is 19.9. The molecule has 0 amide bonds. The minimum absolute atomic E-state index is 0.0631. The molecule has 0 saturated carbocycles. The van der Waals surface area contributed by atoms with Gasteiger partial charge in [0.2, 0.25) is 0 Å². The van der Waals surface area contributed by atoms with Crippen molar-refractivity contribution >= 4 is 17.4 Å². The summed E-state index contributed by atoms with van der Waals surface area (Å²) >= 11 is 1.45. The van der Waals surface area contributed by atoms with Crippen LogP contribution in [0.4, 0.5) is 5.69 Å². The van der Waals surface area contributed by atoms with Gasteiger partial charge in [-0.1, -0.05) is 23.9 Å². The summed E-state index contributed by atoms with van der Waals surface area (Å²) in [5.41, 5.74) is 2.51. The van der Waals surface area contributed by atoms with E-state index in [-0.39, 0.29) is 5.69 Å². The van der Waals surface area contributed by atoms with Crippen LogP contribution in [-0.4, -0.2) is 4.92 Å². The summed E-state index contributed by atoms with van der Waals surface area (Å²) in [7, 11) is 0. The zero-order valence-electron chi connectivity index (χ0n) is 11.1. The van der Waals surface area contributed by atoms with E-state index < -0.39 is 4.92 Å². The second-order valence-corrected chi connectivity index (χ2v) is 5.50. The molecule has 0 unspecified atom stereocenters. The number of nitro benzene ring substituents is 1. The van der Waals surface area contributed by atoms with Gasteiger partial charge in [0.25, 0.3) is 5.69 Å². The van der Waals surface area contributed by atoms with E-state index in [1.807, 2.05) is 38.1 Å². The highest BCUT2D eigenvalue weighted by molar-refractivity contribution is 7.99. The first-order chi connectivity index (χ1) is 9.51. The SMILES string of the molecule is Cc1ccc(C)c(Sc2ccc([N+](=O)[O-])cc2C#N)c1. The monoisotopic (exact) mass is 284 g/mol. The molecule has 5 heteroatoms. The van der Waals surface area contributed by atoms with E-state index in [9.17, 15) is 10.1 Å². The van der Waals surface area contributed by atoms with Crippen molar-refractivity contribution < 1.29 is 4.92 Å². The third-order valence-electron chi connectivity index (χ3n) is 2.86. The molecule has 2 aromatic rings. The van der Waals surface area contributed by atoms with Crippen LogP contribution in [0.2, 0.25) is 0 Å². The summed E-state index contributed by atoms with van der Waals surface area (Å²) in [6, 6.07) is 12.5. The van der Waals surface area contributed by atoms with Gasteiger partial charge in [0.1, 0.15) is 6.07 Å². The minimum Gasteiger partial charge on any atom is -0.258 e. The summed E-state index contributed by atoms with van der Waals surface area (Å²) in [5.74, 6) is 0. The minimum atomic E-state index is -0.493. The van der Waals surface area contributed by atoms with E-state index >= 15 is 0 Å². The van der Waals surface area contributed by atoms with Crippen LogP contribution in [0.1, 0.15) is 16.7 Å². The zero-order chi connectivity index (χ0) is 14.7. The predicted molar refractivity (Wildman–Crippen MR) is 77.9 cm³/mol. The fourth-order valence-corrected chi connectivity index (χ4v) is 2.81. The van der Waals surface area contributed by atoms with E-state index in [0.29, 0.717) is 5.56 Å². The van der Waals surface area contributed by atoms with Gasteiger partial charge in [0.15, 0.2) is 0 Å². The fourth-order valence-electron chi connectivity index (χ4n) is 1.74. The number of hydrogen-bond donors (Lipinski definition) is 0. The molecule has 0 aromatic heterocycles. The number of non-ortho nitro benzene ring substituents is 1. The summed E-state index contributed by atoms with van der Waals surface area (Å²) in [6.45, 7) is 4.00. The number of rotatable bonds is 3. The smallest absolute Gasteiger partial charge is 0.258 e. The molecule has 100 valence electrons. The first-order valence-electron chi connectivity index (χ1n) is 5.95. The van der Waals surface area contributed by atoms with E-state index in [2.05, 4.69) is 0 Å². The van der Waals surface area contributed by atoms with Gasteiger partial charge in [0.05, 0.1) is 10.5 Å². The summed E-state index contributed by atoms with van der Waals surface area (Å²) in [6.07, 6.45) is 0. The molecule has 0 spiro atoms. The van der Waals surface area contributed by atoms with Crippen molar-refractivity contribution in [2.24, 2.45) is 0 Å². The standard InChI is InChI=1S/C15H12N2O2S/c1-10-3-4-11(2)15(7-10)20-14-6-5-13(17(18)19)8-12(14)9-16/h3-8H,1-2H3. The van der Waals surface area contributed by atoms with Gasteiger partial charge in [-0.3, -0.25) is 10.1 Å². The molecule has 0 aliphatic carbocycles. The lowest BCUT2D eigenvalue weighted by Crippen LogP contribution is -1.90. The molecule has 0 atom stereocenters. The molecule has 0 N–H and O–H groups in total. The van der Waals surface area contributed by atoms with Gasteiger partial charge in [-0.15, -0.1) is 0 Å². The second kappa shape index (κ2) is 5.76. The second-order valence-electron chi connectivity index (χ2n) is 4.42. The highest BCUT2D eigenvalue weighted by atomic mass is 32.2. The first kappa shape index (κ1) is 14.1. The van der Waals surface area contributed by atoms with Crippen LogP contribution in [0.3, 0.4) is 0 Å². The van der Waals surface area contributed by atoms with E-state index in [1.54, 1.807) is 6.07 Å². The Bertz CT molecular complexity index is 720. The van der Waals surface area contributed by atoms with Crippen LogP contribution in [0.25, 0.3) is 0 Å². The molecule has 0 heterocycles. The van der Waals surface area contributed by atoms with Crippen molar-refractivity contribution in [3.05, 3.63) is 63.2 Å². The van der Waals surface area contributed by atoms with Crippen molar-refractivity contribution in [2.45, 2.75) is 23.6 Å². The lowest BCUT2D eigenvalue weighted by Gasteiger charge is -2.08. The van der Waals surface area contributed by atoms with Crippen molar-refractivity contribution in [3.8, 4) is 6.07 Å². The van der Waals surface area contributed by atoms with Crippen LogP contribution in [0.15, 0.2) is 46.2 Å². The normalized spacial score (nSPS) is 10.1. The van der Waals surface area contributed by atoms with Crippen LogP contribution < -0.4 is 0 Å². The van der Waals surface area contributed by atoms with Gasteiger partial charge < -0.3 is 0 Å². The maximum Gasteiger partial charge on any atom is 0.270 e. The number of aryl methyl sites for hydroxylation is 2. The van der Waals surface area contributed by atoms with Gasteiger partial charge in [-0.2, -0.15) is 5.26 Å². The van der Waals surface area contributed by atoms with Crippen molar-refractivity contribution in [3.63, 3.8) is 0 Å². The van der Waals surface area contributed by atoms with Crippen LogP contribution in [0.5, 0.6) is 0 Å². The molecular formula is C15H12N2O2S. The Morgan fingerprint density at radius 1 is 1.15 bits per heavy atom. The maximum absolute atomic E-state index is 10.7. The van der Waals surface area contributed by atoms with Crippen LogP contribution in [-0.2, 0) is 0 Å². The molecule has 4 nitrogen and oxygen atoms in total. The fraction of sp³-hybridized carbons (Fsp3) is 0.133. The lowest BCUT2D eigenvalue weighted by molar-refractivity contribution is -0.384. The van der Waals surface area contributed by atoms with Gasteiger partial charge in [-0.25, -0.2) is 0 Å². The number of nitrogens with zero attached hydrogens (tertiary/aromatic N) is 2. The van der Waals surface area contributed by atoms with Crippen molar-refractivity contribution in [1.29, 1.82) is 5.26 Å². The summed E-state index contributed by atoms with van der Waals surface area (Å²) in [4.78, 5) is 12.0. The molecule has 0 radical (unpaired) electrons. The molecule has 0 aliphatic rings. The van der Waals surface area contributed by atoms with E-state index in [4.69, 9.17) is 5.26 Å². The molecule has 0 fully saturated rings. The highest BCUT2D eigenvalue weighted by Gasteiger charge is 2.12. The Hall–Kier alpha value is -2.32. The molecule has 2 rings (SSSR count). The Morgan fingerprint density at radius 3 is 2.55 bits per heavy atom. The van der Waals surface area contributed by atoms with Crippen LogP contribution >= 0.6 is 11.8 Å². The molecule has 20 heavy (non-hydrogen) atoms. The first-order valence-corrected chi connectivity index (χ1v) is 6.76. The molecule has 0 saturated heterocycles. The molecular weight excluding hydrogens is 272 g/mol. The number of hydrogen-bond acceptors (Lipinski definition) is 4. The lowest BCUT2D eigenvalue weighted by atomic mass is 10.2. The number of nitriles is 1. The van der Waals surface area contributed by atoms with Crippen molar-refractivity contribution in [1.82, 2.24) is 0 Å². The molecule has 0 aliphatic heterocycles. The third-order valence-corrected chi connectivity index (χ3v) is 4.09. The Balaban J connectivity index is 2.41. The van der Waals surface area contributed by atoms with Crippen LogP contribution in [0, 0.1) is 35.3 Å². The third kappa shape index (κ3) is 2.98. The topological polar surface area (TPSA) is 66.9 Å². The van der Waals surface area contributed by atoms with Gasteiger partial charge in [0, 0.05) is 21.9 Å². The number of nitro groups is 1. The largest absolute Gasteiger partial charge is 0.270 e. The van der Waals surface area contributed by atoms with E-state index in [0.717, 1.165) is 20.9 Å². The average molecular weight is 284 g/mol. The van der Waals surface area contributed by atoms with Gasteiger partial charge in [-0.05, 0) is 37.1 Å².